The van der Waals surface area contributed by atoms with Crippen molar-refractivity contribution in [3.05, 3.63) is 29.8 Å². The van der Waals surface area contributed by atoms with Crippen LogP contribution in [0.5, 0.6) is 5.75 Å². The van der Waals surface area contributed by atoms with Crippen LogP contribution < -0.4 is 4.74 Å². The molecule has 1 amide bonds. The van der Waals surface area contributed by atoms with E-state index in [0.717, 1.165) is 31.6 Å². The van der Waals surface area contributed by atoms with Crippen LogP contribution in [-0.4, -0.2) is 57.4 Å². The first-order chi connectivity index (χ1) is 11.8. The van der Waals surface area contributed by atoms with Crippen LogP contribution in [0.3, 0.4) is 0 Å². The second-order valence-electron chi connectivity index (χ2n) is 6.67. The Bertz CT molecular complexity index is 542. The SMILES string of the molecule is COc1cccc(CC2COCCN(C(=O)C3CCOCC3)C2)c1. The maximum absolute atomic E-state index is 12.8. The van der Waals surface area contributed by atoms with E-state index in [1.165, 1.54) is 5.56 Å². The number of benzene rings is 1. The number of rotatable bonds is 4. The molecule has 0 aliphatic carbocycles. The minimum atomic E-state index is 0.120. The summed E-state index contributed by atoms with van der Waals surface area (Å²) in [4.78, 5) is 14.8. The molecule has 0 radical (unpaired) electrons. The molecule has 1 unspecified atom stereocenters. The van der Waals surface area contributed by atoms with Crippen LogP contribution in [0, 0.1) is 11.8 Å². The Morgan fingerprint density at radius 1 is 1.25 bits per heavy atom. The van der Waals surface area contributed by atoms with Gasteiger partial charge in [-0.2, -0.15) is 0 Å². The summed E-state index contributed by atoms with van der Waals surface area (Å²) in [5.74, 6) is 1.59. The van der Waals surface area contributed by atoms with E-state index in [-0.39, 0.29) is 11.8 Å². The molecule has 5 heteroatoms. The molecular formula is C19H27NO4. The summed E-state index contributed by atoms with van der Waals surface area (Å²) in [7, 11) is 1.68. The lowest BCUT2D eigenvalue weighted by Gasteiger charge is -2.29. The Balaban J connectivity index is 1.62. The number of carbonyl (C=O) groups is 1. The van der Waals surface area contributed by atoms with Gasteiger partial charge in [0.1, 0.15) is 5.75 Å². The number of ether oxygens (including phenoxy) is 3. The maximum atomic E-state index is 12.8. The molecule has 0 saturated carbocycles. The van der Waals surface area contributed by atoms with Gasteiger partial charge in [-0.25, -0.2) is 0 Å². The van der Waals surface area contributed by atoms with E-state index in [0.29, 0.717) is 38.9 Å². The van der Waals surface area contributed by atoms with Crippen LogP contribution in [0.1, 0.15) is 18.4 Å². The van der Waals surface area contributed by atoms with Gasteiger partial charge >= 0.3 is 0 Å². The average molecular weight is 333 g/mol. The molecule has 2 saturated heterocycles. The van der Waals surface area contributed by atoms with E-state index in [2.05, 4.69) is 12.1 Å². The minimum absolute atomic E-state index is 0.120. The molecule has 1 aromatic carbocycles. The highest BCUT2D eigenvalue weighted by molar-refractivity contribution is 5.79. The zero-order chi connectivity index (χ0) is 16.8. The van der Waals surface area contributed by atoms with Crippen molar-refractivity contribution in [2.75, 3.05) is 46.6 Å². The number of carbonyl (C=O) groups excluding carboxylic acids is 1. The predicted octanol–water partition coefficient (Wildman–Crippen LogP) is 2.14. The minimum Gasteiger partial charge on any atom is -0.497 e. The fourth-order valence-corrected chi connectivity index (χ4v) is 3.54. The molecular weight excluding hydrogens is 306 g/mol. The topological polar surface area (TPSA) is 48.0 Å². The largest absolute Gasteiger partial charge is 0.497 e. The predicted molar refractivity (Wildman–Crippen MR) is 91.1 cm³/mol. The standard InChI is InChI=1S/C19H27NO4/c1-22-18-4-2-3-15(12-18)11-16-13-20(7-10-24-14-16)19(21)17-5-8-23-9-6-17/h2-4,12,16-17H,5-11,13-14H2,1H3. The Labute approximate surface area is 143 Å². The first-order valence-electron chi connectivity index (χ1n) is 8.83. The Kier molecular flexibility index (Phi) is 6.10. The van der Waals surface area contributed by atoms with Crippen LogP contribution >= 0.6 is 0 Å². The third kappa shape index (κ3) is 4.48. The van der Waals surface area contributed by atoms with E-state index < -0.39 is 0 Å². The lowest BCUT2D eigenvalue weighted by Crippen LogP contribution is -2.41. The molecule has 132 valence electrons. The molecule has 3 rings (SSSR count). The molecule has 5 nitrogen and oxygen atoms in total. The Morgan fingerprint density at radius 3 is 2.88 bits per heavy atom. The Hall–Kier alpha value is -1.59. The summed E-state index contributed by atoms with van der Waals surface area (Å²) in [6, 6.07) is 8.14. The summed E-state index contributed by atoms with van der Waals surface area (Å²) in [6.45, 7) is 4.21. The van der Waals surface area contributed by atoms with E-state index >= 15 is 0 Å². The maximum Gasteiger partial charge on any atom is 0.225 e. The third-order valence-corrected chi connectivity index (χ3v) is 4.88. The van der Waals surface area contributed by atoms with Crippen LogP contribution in [0.2, 0.25) is 0 Å². The van der Waals surface area contributed by atoms with Crippen molar-refractivity contribution in [2.24, 2.45) is 11.8 Å². The van der Waals surface area contributed by atoms with E-state index in [9.17, 15) is 4.79 Å². The second-order valence-corrected chi connectivity index (χ2v) is 6.67. The van der Waals surface area contributed by atoms with Crippen LogP contribution in [0.25, 0.3) is 0 Å². The normalized spacial score (nSPS) is 22.9. The lowest BCUT2D eigenvalue weighted by molar-refractivity contribution is -0.138. The van der Waals surface area contributed by atoms with Gasteiger partial charge in [0, 0.05) is 38.1 Å². The average Bonchev–Trinajstić information content (AvgIpc) is 2.87. The van der Waals surface area contributed by atoms with Gasteiger partial charge < -0.3 is 19.1 Å². The summed E-state index contributed by atoms with van der Waals surface area (Å²) >= 11 is 0. The highest BCUT2D eigenvalue weighted by atomic mass is 16.5. The molecule has 2 aliphatic rings. The van der Waals surface area contributed by atoms with Gasteiger partial charge in [-0.3, -0.25) is 4.79 Å². The van der Waals surface area contributed by atoms with Crippen LogP contribution in [0.15, 0.2) is 24.3 Å². The smallest absolute Gasteiger partial charge is 0.225 e. The second kappa shape index (κ2) is 8.49. The van der Waals surface area contributed by atoms with Crippen molar-refractivity contribution in [3.8, 4) is 5.75 Å². The molecule has 0 bridgehead atoms. The fourth-order valence-electron chi connectivity index (χ4n) is 3.54. The van der Waals surface area contributed by atoms with Crippen molar-refractivity contribution < 1.29 is 19.0 Å². The molecule has 24 heavy (non-hydrogen) atoms. The van der Waals surface area contributed by atoms with Crippen LogP contribution in [-0.2, 0) is 20.7 Å². The summed E-state index contributed by atoms with van der Waals surface area (Å²) in [5, 5.41) is 0. The quantitative estimate of drug-likeness (QED) is 0.847. The molecule has 0 aromatic heterocycles. The zero-order valence-corrected chi connectivity index (χ0v) is 14.4. The first kappa shape index (κ1) is 17.2. The molecule has 2 aliphatic heterocycles. The number of methoxy groups -OCH3 is 1. The molecule has 2 heterocycles. The van der Waals surface area contributed by atoms with E-state index in [1.54, 1.807) is 7.11 Å². The number of hydrogen-bond donors (Lipinski definition) is 0. The monoisotopic (exact) mass is 333 g/mol. The summed E-state index contributed by atoms with van der Waals surface area (Å²) in [6.07, 6.45) is 2.59. The van der Waals surface area contributed by atoms with Crippen molar-refractivity contribution in [1.82, 2.24) is 4.90 Å². The molecule has 2 fully saturated rings. The summed E-state index contributed by atoms with van der Waals surface area (Å²) in [5.41, 5.74) is 1.23. The third-order valence-electron chi connectivity index (χ3n) is 4.88. The lowest BCUT2D eigenvalue weighted by atomic mass is 9.96. The van der Waals surface area contributed by atoms with Gasteiger partial charge in [0.2, 0.25) is 5.91 Å². The van der Waals surface area contributed by atoms with Gasteiger partial charge in [0.05, 0.1) is 20.3 Å². The summed E-state index contributed by atoms with van der Waals surface area (Å²) < 4.78 is 16.4. The van der Waals surface area contributed by atoms with E-state index in [4.69, 9.17) is 14.2 Å². The zero-order valence-electron chi connectivity index (χ0n) is 14.4. The van der Waals surface area contributed by atoms with Gasteiger partial charge in [-0.05, 0) is 37.0 Å². The van der Waals surface area contributed by atoms with Gasteiger partial charge in [0.25, 0.3) is 0 Å². The highest BCUT2D eigenvalue weighted by Crippen LogP contribution is 2.22. The van der Waals surface area contributed by atoms with Crippen molar-refractivity contribution in [1.29, 1.82) is 0 Å². The molecule has 0 spiro atoms. The Morgan fingerprint density at radius 2 is 2.08 bits per heavy atom. The van der Waals surface area contributed by atoms with Crippen molar-refractivity contribution >= 4 is 5.91 Å². The van der Waals surface area contributed by atoms with Gasteiger partial charge in [0.15, 0.2) is 0 Å². The number of nitrogens with zero attached hydrogens (tertiary/aromatic N) is 1. The van der Waals surface area contributed by atoms with Gasteiger partial charge in [-0.1, -0.05) is 12.1 Å². The number of amides is 1. The van der Waals surface area contributed by atoms with Crippen molar-refractivity contribution in [2.45, 2.75) is 19.3 Å². The molecule has 1 atom stereocenters. The van der Waals surface area contributed by atoms with Crippen molar-refractivity contribution in [3.63, 3.8) is 0 Å². The number of hydrogen-bond acceptors (Lipinski definition) is 4. The van der Waals surface area contributed by atoms with E-state index in [1.807, 2.05) is 17.0 Å². The fraction of sp³-hybridized carbons (Fsp3) is 0.632. The molecule has 1 aromatic rings. The highest BCUT2D eigenvalue weighted by Gasteiger charge is 2.29. The first-order valence-corrected chi connectivity index (χ1v) is 8.83. The van der Waals surface area contributed by atoms with Gasteiger partial charge in [-0.15, -0.1) is 0 Å². The van der Waals surface area contributed by atoms with Crippen LogP contribution in [0.4, 0.5) is 0 Å². The molecule has 0 N–H and O–H groups in total.